The quantitative estimate of drug-likeness (QED) is 0.342. The number of hydrogen-bond acceptors (Lipinski definition) is 5. The van der Waals surface area contributed by atoms with Crippen LogP contribution in [-0.2, 0) is 4.79 Å². The Morgan fingerprint density at radius 2 is 1.41 bits per heavy atom. The van der Waals surface area contributed by atoms with Crippen molar-refractivity contribution in [1.29, 1.82) is 0 Å². The van der Waals surface area contributed by atoms with E-state index in [9.17, 15) is 9.59 Å². The van der Waals surface area contributed by atoms with Gasteiger partial charge in [0.2, 0.25) is 11.8 Å². The number of anilines is 1. The van der Waals surface area contributed by atoms with Crippen LogP contribution < -0.4 is 20.5 Å². The molecule has 0 radical (unpaired) electrons. The zero-order chi connectivity index (χ0) is 23.9. The van der Waals surface area contributed by atoms with E-state index in [0.717, 1.165) is 11.3 Å². The van der Waals surface area contributed by atoms with Gasteiger partial charge in [-0.15, -0.1) is 0 Å². The zero-order valence-electron chi connectivity index (χ0n) is 18.1. The first-order valence-corrected chi connectivity index (χ1v) is 10.4. The average Bonchev–Trinajstić information content (AvgIpc) is 2.86. The van der Waals surface area contributed by atoms with Gasteiger partial charge in [0.05, 0.1) is 5.69 Å². The molecule has 0 aliphatic rings. The summed E-state index contributed by atoms with van der Waals surface area (Å²) in [6, 6.07) is 26.7. The molecule has 3 aromatic carbocycles. The van der Waals surface area contributed by atoms with Crippen molar-refractivity contribution >= 4 is 17.5 Å². The molecule has 0 saturated heterocycles. The number of carbonyl (C=O) groups is 2. The Balaban J connectivity index is 1.55. The third kappa shape index (κ3) is 5.46. The molecule has 0 fully saturated rings. The number of aromatic nitrogens is 1. The molecule has 4 rings (SSSR count). The van der Waals surface area contributed by atoms with E-state index in [1.807, 2.05) is 30.3 Å². The van der Waals surface area contributed by atoms with Crippen molar-refractivity contribution in [3.05, 3.63) is 109 Å². The van der Waals surface area contributed by atoms with Crippen molar-refractivity contribution in [2.24, 2.45) is 5.73 Å². The molecule has 0 saturated carbocycles. The van der Waals surface area contributed by atoms with Crippen molar-refractivity contribution in [1.82, 2.24) is 4.98 Å². The van der Waals surface area contributed by atoms with E-state index in [1.54, 1.807) is 60.7 Å². The fourth-order valence-electron chi connectivity index (χ4n) is 3.10. The van der Waals surface area contributed by atoms with Gasteiger partial charge in [-0.2, -0.15) is 0 Å². The van der Waals surface area contributed by atoms with Gasteiger partial charge in [-0.25, -0.2) is 4.98 Å². The second-order valence-corrected chi connectivity index (χ2v) is 7.17. The second kappa shape index (κ2) is 10.1. The number of nitrogens with two attached hydrogens (primary N) is 1. The number of hydrogen-bond donors (Lipinski definition) is 2. The van der Waals surface area contributed by atoms with E-state index in [2.05, 4.69) is 16.9 Å². The molecule has 7 heteroatoms. The standard InChI is InChI=1S/C27H21N3O4/c1-2-25(31)29-19-10-8-18(9-11-19)24-17-16-23(26(28)32)27(30-24)34-22-14-12-21(13-15-22)33-20-6-4-3-5-7-20/h2-17H,1H2,(H2,28,32)(H,29,31). The third-order valence-electron chi connectivity index (χ3n) is 4.78. The lowest BCUT2D eigenvalue weighted by molar-refractivity contribution is -0.111. The average molecular weight is 451 g/mol. The zero-order valence-corrected chi connectivity index (χ0v) is 18.1. The smallest absolute Gasteiger partial charge is 0.254 e. The maximum atomic E-state index is 11.9. The lowest BCUT2D eigenvalue weighted by Crippen LogP contribution is -2.13. The molecule has 168 valence electrons. The Labute approximate surface area is 196 Å². The molecule has 7 nitrogen and oxygen atoms in total. The van der Waals surface area contributed by atoms with Gasteiger partial charge in [0.25, 0.3) is 5.91 Å². The summed E-state index contributed by atoms with van der Waals surface area (Å²) < 4.78 is 11.7. The van der Waals surface area contributed by atoms with Crippen molar-refractivity contribution in [2.45, 2.75) is 0 Å². The summed E-state index contributed by atoms with van der Waals surface area (Å²) in [4.78, 5) is 27.9. The molecular formula is C27H21N3O4. The molecule has 0 spiro atoms. The van der Waals surface area contributed by atoms with Gasteiger partial charge in [0.15, 0.2) is 0 Å². The number of primary amides is 1. The normalized spacial score (nSPS) is 10.2. The maximum Gasteiger partial charge on any atom is 0.254 e. The Hall–Kier alpha value is -4.91. The van der Waals surface area contributed by atoms with E-state index < -0.39 is 5.91 Å². The minimum Gasteiger partial charge on any atom is -0.457 e. The van der Waals surface area contributed by atoms with Gasteiger partial charge in [-0.05, 0) is 66.7 Å². The first kappa shape index (κ1) is 22.3. The monoisotopic (exact) mass is 451 g/mol. The number of amides is 2. The number of benzene rings is 3. The molecule has 4 aromatic rings. The first-order valence-electron chi connectivity index (χ1n) is 10.4. The van der Waals surface area contributed by atoms with Crippen LogP contribution in [0.1, 0.15) is 10.4 Å². The van der Waals surface area contributed by atoms with E-state index in [-0.39, 0.29) is 17.4 Å². The molecule has 3 N–H and O–H groups in total. The van der Waals surface area contributed by atoms with Gasteiger partial charge < -0.3 is 20.5 Å². The lowest BCUT2D eigenvalue weighted by atomic mass is 10.1. The van der Waals surface area contributed by atoms with Crippen LogP contribution in [0.5, 0.6) is 23.1 Å². The van der Waals surface area contributed by atoms with Crippen molar-refractivity contribution < 1.29 is 19.1 Å². The molecule has 0 unspecified atom stereocenters. The number of para-hydroxylation sites is 1. The minimum absolute atomic E-state index is 0.0887. The van der Waals surface area contributed by atoms with Crippen molar-refractivity contribution in [2.75, 3.05) is 5.32 Å². The second-order valence-electron chi connectivity index (χ2n) is 7.17. The van der Waals surface area contributed by atoms with Crippen LogP contribution in [0.25, 0.3) is 11.3 Å². The van der Waals surface area contributed by atoms with Crippen molar-refractivity contribution in [3.63, 3.8) is 0 Å². The predicted molar refractivity (Wildman–Crippen MR) is 130 cm³/mol. The summed E-state index contributed by atoms with van der Waals surface area (Å²) in [6.45, 7) is 3.43. The van der Waals surface area contributed by atoms with Crippen LogP contribution >= 0.6 is 0 Å². The fraction of sp³-hybridized carbons (Fsp3) is 0. The number of ether oxygens (including phenoxy) is 2. The minimum atomic E-state index is -0.652. The van der Waals surface area contributed by atoms with Gasteiger partial charge in [-0.3, -0.25) is 9.59 Å². The first-order chi connectivity index (χ1) is 16.5. The topological polar surface area (TPSA) is 104 Å². The van der Waals surface area contributed by atoms with Gasteiger partial charge in [0.1, 0.15) is 22.8 Å². The highest BCUT2D eigenvalue weighted by Crippen LogP contribution is 2.30. The highest BCUT2D eigenvalue weighted by molar-refractivity contribution is 5.99. The third-order valence-corrected chi connectivity index (χ3v) is 4.78. The van der Waals surface area contributed by atoms with Crippen molar-refractivity contribution in [3.8, 4) is 34.4 Å². The Kier molecular flexibility index (Phi) is 6.65. The number of nitrogens with one attached hydrogen (secondary N) is 1. The molecule has 0 bridgehead atoms. The number of carbonyl (C=O) groups excluding carboxylic acids is 2. The summed E-state index contributed by atoms with van der Waals surface area (Å²) in [6.07, 6.45) is 1.20. The summed E-state index contributed by atoms with van der Waals surface area (Å²) >= 11 is 0. The van der Waals surface area contributed by atoms with Crippen LogP contribution in [0.15, 0.2) is 104 Å². The van der Waals surface area contributed by atoms with Crippen LogP contribution in [0.4, 0.5) is 5.69 Å². The predicted octanol–water partition coefficient (Wildman–Crippen LogP) is 5.56. The fourth-order valence-corrected chi connectivity index (χ4v) is 3.10. The number of rotatable bonds is 8. The summed E-state index contributed by atoms with van der Waals surface area (Å²) in [7, 11) is 0. The molecule has 0 aliphatic heterocycles. The Morgan fingerprint density at radius 3 is 2.03 bits per heavy atom. The highest BCUT2D eigenvalue weighted by Gasteiger charge is 2.14. The number of nitrogens with zero attached hydrogens (tertiary/aromatic N) is 1. The SMILES string of the molecule is C=CC(=O)Nc1ccc(-c2ccc(C(N)=O)c(Oc3ccc(Oc4ccccc4)cc3)n2)cc1. The molecule has 1 heterocycles. The van der Waals surface area contributed by atoms with E-state index in [1.165, 1.54) is 6.08 Å². The molecule has 1 aromatic heterocycles. The van der Waals surface area contributed by atoms with Gasteiger partial charge >= 0.3 is 0 Å². The van der Waals surface area contributed by atoms with Crippen LogP contribution in [0.3, 0.4) is 0 Å². The van der Waals surface area contributed by atoms with Gasteiger partial charge in [0, 0.05) is 11.3 Å². The van der Waals surface area contributed by atoms with E-state index in [0.29, 0.717) is 22.9 Å². The summed E-state index contributed by atoms with van der Waals surface area (Å²) in [5.41, 5.74) is 7.64. The van der Waals surface area contributed by atoms with Crippen LogP contribution in [0, 0.1) is 0 Å². The van der Waals surface area contributed by atoms with E-state index >= 15 is 0 Å². The molecule has 34 heavy (non-hydrogen) atoms. The largest absolute Gasteiger partial charge is 0.457 e. The lowest BCUT2D eigenvalue weighted by Gasteiger charge is -2.12. The molecule has 0 atom stereocenters. The molecule has 0 aliphatic carbocycles. The maximum absolute atomic E-state index is 11.9. The van der Waals surface area contributed by atoms with Gasteiger partial charge in [-0.1, -0.05) is 36.9 Å². The van der Waals surface area contributed by atoms with Crippen LogP contribution in [-0.4, -0.2) is 16.8 Å². The summed E-state index contributed by atoms with van der Waals surface area (Å²) in [5.74, 6) is 0.963. The Morgan fingerprint density at radius 1 is 0.794 bits per heavy atom. The highest BCUT2D eigenvalue weighted by atomic mass is 16.5. The molecule has 2 amide bonds. The molecular weight excluding hydrogens is 430 g/mol. The Bertz CT molecular complexity index is 1320. The summed E-state index contributed by atoms with van der Waals surface area (Å²) in [5, 5.41) is 2.68. The van der Waals surface area contributed by atoms with Crippen LogP contribution in [0.2, 0.25) is 0 Å². The number of pyridine rings is 1. The van der Waals surface area contributed by atoms with E-state index in [4.69, 9.17) is 15.2 Å².